The molecular weight excluding hydrogens is 492 g/mol. The van der Waals surface area contributed by atoms with E-state index in [9.17, 15) is 14.7 Å². The number of hydrogen-bond acceptors (Lipinski definition) is 4. The number of rotatable bonds is 7. The molecule has 0 radical (unpaired) electrons. The average Bonchev–Trinajstić information content (AvgIpc) is 2.75. The average molecular weight is 522 g/mol. The number of nitrogens with zero attached hydrogens (tertiary/aromatic N) is 1. The van der Waals surface area contributed by atoms with Crippen molar-refractivity contribution in [2.24, 2.45) is 11.3 Å². The van der Waals surface area contributed by atoms with Gasteiger partial charge in [0.25, 0.3) is 5.91 Å². The fourth-order valence-corrected chi connectivity index (χ4v) is 4.97. The van der Waals surface area contributed by atoms with Gasteiger partial charge in [0.15, 0.2) is 0 Å². The smallest absolute Gasteiger partial charge is 0.251 e. The molecule has 2 N–H and O–H groups in total. The van der Waals surface area contributed by atoms with Crippen LogP contribution in [0.25, 0.3) is 0 Å². The van der Waals surface area contributed by atoms with Gasteiger partial charge in [0.05, 0.1) is 11.6 Å². The molecule has 1 aliphatic heterocycles. The molecule has 32 heavy (non-hydrogen) atoms. The lowest BCUT2D eigenvalue weighted by atomic mass is 9.66. The summed E-state index contributed by atoms with van der Waals surface area (Å²) in [5, 5.41) is 15.3. The molecule has 0 saturated carbocycles. The largest absolute Gasteiger partial charge is 0.385 e. The summed E-state index contributed by atoms with van der Waals surface area (Å²) in [5.74, 6) is -0.551. The van der Waals surface area contributed by atoms with E-state index >= 15 is 0 Å². The molecule has 172 valence electrons. The Kier molecular flexibility index (Phi) is 7.81. The third-order valence-corrected chi connectivity index (χ3v) is 7.30. The summed E-state index contributed by atoms with van der Waals surface area (Å²) in [4.78, 5) is 26.6. The molecule has 2 aromatic carbocycles. The lowest BCUT2D eigenvalue weighted by molar-refractivity contribution is -0.127. The van der Waals surface area contributed by atoms with Crippen LogP contribution in [0.3, 0.4) is 0 Å². The van der Waals surface area contributed by atoms with E-state index in [1.807, 2.05) is 45.0 Å². The van der Waals surface area contributed by atoms with Gasteiger partial charge in [-0.25, -0.2) is 0 Å². The maximum atomic E-state index is 12.8. The predicted molar refractivity (Wildman–Crippen MR) is 131 cm³/mol. The number of carbonyl (C=O) groups is 2. The fraction of sp³-hybridized carbons (Fsp3) is 0.440. The van der Waals surface area contributed by atoms with Crippen molar-refractivity contribution in [2.45, 2.75) is 38.8 Å². The normalized spacial score (nSPS) is 22.7. The molecule has 1 aliphatic rings. The Balaban J connectivity index is 1.73. The van der Waals surface area contributed by atoms with Crippen molar-refractivity contribution in [3.05, 3.63) is 69.2 Å². The van der Waals surface area contributed by atoms with Gasteiger partial charge in [-0.2, -0.15) is 0 Å². The van der Waals surface area contributed by atoms with Crippen LogP contribution in [-0.2, 0) is 10.4 Å². The lowest BCUT2D eigenvalue weighted by Gasteiger charge is -2.51. The van der Waals surface area contributed by atoms with Gasteiger partial charge in [-0.05, 0) is 42.3 Å². The molecular formula is C25H30BrClN2O3. The zero-order valence-corrected chi connectivity index (χ0v) is 21.0. The van der Waals surface area contributed by atoms with Crippen LogP contribution >= 0.6 is 27.5 Å². The van der Waals surface area contributed by atoms with E-state index in [0.717, 1.165) is 16.3 Å². The Hall–Kier alpha value is -1.73. The summed E-state index contributed by atoms with van der Waals surface area (Å²) < 4.78 is 0.824. The van der Waals surface area contributed by atoms with Crippen molar-refractivity contribution in [3.8, 4) is 0 Å². The maximum Gasteiger partial charge on any atom is 0.251 e. The maximum absolute atomic E-state index is 12.8. The van der Waals surface area contributed by atoms with E-state index in [1.165, 1.54) is 0 Å². The summed E-state index contributed by atoms with van der Waals surface area (Å²) in [6.45, 7) is 7.72. The first-order valence-corrected chi connectivity index (χ1v) is 12.0. The number of carbonyl (C=O) groups excluding carboxylic acids is 2. The summed E-state index contributed by atoms with van der Waals surface area (Å²) in [6, 6.07) is 14.2. The number of benzene rings is 2. The standard InChI is InChI=1S/C25H30BrClN2O3/c1-17(15-30)22(28-23(31)18-5-4-6-20(26)13-18)14-29-12-11-25(32,24(2,3)16-29)19-7-9-21(27)10-8-19/h4-10,13,15,17,22,32H,11-12,14,16H2,1-3H3,(H,28,31)/t17-,22?,25-/m0/s1. The summed E-state index contributed by atoms with van der Waals surface area (Å²) in [6.07, 6.45) is 1.42. The van der Waals surface area contributed by atoms with Gasteiger partial charge < -0.3 is 20.1 Å². The summed E-state index contributed by atoms with van der Waals surface area (Å²) in [5.41, 5.74) is -0.0345. The minimum atomic E-state index is -0.987. The van der Waals surface area contributed by atoms with Crippen molar-refractivity contribution in [1.82, 2.24) is 10.2 Å². The highest BCUT2D eigenvalue weighted by atomic mass is 79.9. The molecule has 1 fully saturated rings. The van der Waals surface area contributed by atoms with Crippen molar-refractivity contribution >= 4 is 39.7 Å². The predicted octanol–water partition coefficient (Wildman–Crippen LogP) is 4.66. The van der Waals surface area contributed by atoms with Gasteiger partial charge in [0.2, 0.25) is 0 Å². The SMILES string of the molecule is C[C@@H](C=O)C(CN1CC[C@](O)(c2ccc(Cl)cc2)C(C)(C)C1)NC(=O)c1cccc(Br)c1. The number of aldehydes is 1. The molecule has 5 nitrogen and oxygen atoms in total. The van der Waals surface area contributed by atoms with E-state index in [2.05, 4.69) is 26.1 Å². The minimum absolute atomic E-state index is 0.209. The van der Waals surface area contributed by atoms with Crippen molar-refractivity contribution in [3.63, 3.8) is 0 Å². The van der Waals surface area contributed by atoms with Gasteiger partial charge in [0, 0.05) is 46.0 Å². The number of likely N-dealkylation sites (tertiary alicyclic amines) is 1. The van der Waals surface area contributed by atoms with Gasteiger partial charge in [0.1, 0.15) is 6.29 Å². The Morgan fingerprint density at radius 2 is 1.97 bits per heavy atom. The van der Waals surface area contributed by atoms with Crippen LogP contribution in [0.5, 0.6) is 0 Å². The van der Waals surface area contributed by atoms with Crippen molar-refractivity contribution in [2.75, 3.05) is 19.6 Å². The molecule has 0 aromatic heterocycles. The molecule has 7 heteroatoms. The van der Waals surface area contributed by atoms with Gasteiger partial charge >= 0.3 is 0 Å². The second kappa shape index (κ2) is 10.0. The first-order chi connectivity index (χ1) is 15.1. The monoisotopic (exact) mass is 520 g/mol. The van der Waals surface area contributed by atoms with Crippen LogP contribution in [0.4, 0.5) is 0 Å². The molecule has 0 bridgehead atoms. The van der Waals surface area contributed by atoms with Crippen LogP contribution in [0.1, 0.15) is 43.1 Å². The second-order valence-corrected chi connectivity index (χ2v) is 10.7. The molecule has 0 aliphatic carbocycles. The minimum Gasteiger partial charge on any atom is -0.385 e. The molecule has 2 aromatic rings. The molecule has 3 rings (SSSR count). The van der Waals surface area contributed by atoms with Gasteiger partial charge in [-0.3, -0.25) is 4.79 Å². The summed E-state index contributed by atoms with van der Waals surface area (Å²) >= 11 is 9.42. The Morgan fingerprint density at radius 3 is 2.56 bits per heavy atom. The number of piperidine rings is 1. The fourth-order valence-electron chi connectivity index (χ4n) is 4.44. The molecule has 0 spiro atoms. The molecule has 1 saturated heterocycles. The Bertz CT molecular complexity index is 966. The van der Waals surface area contributed by atoms with Crippen LogP contribution < -0.4 is 5.32 Å². The van der Waals surface area contributed by atoms with Crippen LogP contribution in [0.15, 0.2) is 53.0 Å². The molecule has 3 atom stereocenters. The van der Waals surface area contributed by atoms with E-state index in [-0.39, 0.29) is 17.9 Å². The zero-order chi connectivity index (χ0) is 23.5. The number of hydrogen-bond donors (Lipinski definition) is 2. The molecule has 1 heterocycles. The van der Waals surface area contributed by atoms with Crippen molar-refractivity contribution in [1.29, 1.82) is 0 Å². The van der Waals surface area contributed by atoms with E-state index in [0.29, 0.717) is 36.6 Å². The van der Waals surface area contributed by atoms with Crippen molar-refractivity contribution < 1.29 is 14.7 Å². The zero-order valence-electron chi connectivity index (χ0n) is 18.6. The summed E-state index contributed by atoms with van der Waals surface area (Å²) in [7, 11) is 0. The number of aliphatic hydroxyl groups is 1. The van der Waals surface area contributed by atoms with E-state index in [4.69, 9.17) is 11.6 Å². The highest BCUT2D eigenvalue weighted by Crippen LogP contribution is 2.46. The van der Waals surface area contributed by atoms with E-state index in [1.54, 1.807) is 24.3 Å². The number of nitrogens with one attached hydrogen (secondary N) is 1. The van der Waals surface area contributed by atoms with Gasteiger partial charge in [-0.1, -0.05) is 66.5 Å². The van der Waals surface area contributed by atoms with Crippen LogP contribution in [-0.4, -0.2) is 47.9 Å². The van der Waals surface area contributed by atoms with Gasteiger partial charge in [-0.15, -0.1) is 0 Å². The number of halogens is 2. The Morgan fingerprint density at radius 1 is 1.28 bits per heavy atom. The quantitative estimate of drug-likeness (QED) is 0.520. The topological polar surface area (TPSA) is 69.6 Å². The highest BCUT2D eigenvalue weighted by Gasteiger charge is 2.49. The van der Waals surface area contributed by atoms with Crippen LogP contribution in [0.2, 0.25) is 5.02 Å². The first-order valence-electron chi connectivity index (χ1n) is 10.8. The number of amides is 1. The molecule has 1 unspecified atom stereocenters. The molecule has 1 amide bonds. The first kappa shape index (κ1) is 24.9. The lowest BCUT2D eigenvalue weighted by Crippen LogP contribution is -2.58. The van der Waals surface area contributed by atoms with Crippen LogP contribution in [0, 0.1) is 11.3 Å². The van der Waals surface area contributed by atoms with E-state index < -0.39 is 11.0 Å². The Labute approximate surface area is 203 Å². The highest BCUT2D eigenvalue weighted by molar-refractivity contribution is 9.10. The third-order valence-electron chi connectivity index (χ3n) is 6.56. The second-order valence-electron chi connectivity index (χ2n) is 9.32. The third kappa shape index (κ3) is 5.42.